The van der Waals surface area contributed by atoms with Gasteiger partial charge in [0.1, 0.15) is 11.6 Å². The summed E-state index contributed by atoms with van der Waals surface area (Å²) >= 11 is 0. The summed E-state index contributed by atoms with van der Waals surface area (Å²) in [5.74, 6) is 2.04. The van der Waals surface area contributed by atoms with Gasteiger partial charge in [0.2, 0.25) is 0 Å². The van der Waals surface area contributed by atoms with Gasteiger partial charge in [0, 0.05) is 50.5 Å². The van der Waals surface area contributed by atoms with Crippen molar-refractivity contribution in [3.63, 3.8) is 0 Å². The molecule has 0 aromatic carbocycles. The summed E-state index contributed by atoms with van der Waals surface area (Å²) in [5, 5.41) is 7.50. The number of anilines is 2. The van der Waals surface area contributed by atoms with E-state index in [9.17, 15) is 0 Å². The Morgan fingerprint density at radius 2 is 2.08 bits per heavy atom. The third-order valence-electron chi connectivity index (χ3n) is 4.74. The summed E-state index contributed by atoms with van der Waals surface area (Å²) in [4.78, 5) is 15.3. The number of likely N-dealkylation sites (tertiary alicyclic amines) is 1. The van der Waals surface area contributed by atoms with Gasteiger partial charge in [-0.05, 0) is 43.0 Å². The van der Waals surface area contributed by atoms with Crippen LogP contribution in [0, 0.1) is 0 Å². The van der Waals surface area contributed by atoms with Crippen LogP contribution < -0.4 is 5.32 Å². The van der Waals surface area contributed by atoms with Crippen LogP contribution in [0.25, 0.3) is 0 Å². The van der Waals surface area contributed by atoms with Crippen LogP contribution in [0.4, 0.5) is 11.6 Å². The molecule has 1 saturated heterocycles. The molecule has 1 aliphatic rings. The van der Waals surface area contributed by atoms with Gasteiger partial charge in [-0.15, -0.1) is 0 Å². The van der Waals surface area contributed by atoms with Crippen molar-refractivity contribution < 1.29 is 0 Å². The van der Waals surface area contributed by atoms with E-state index in [-0.39, 0.29) is 0 Å². The van der Waals surface area contributed by atoms with E-state index in [1.807, 2.05) is 24.1 Å². The monoisotopic (exact) mass is 349 g/mol. The maximum absolute atomic E-state index is 4.42. The fourth-order valence-corrected chi connectivity index (χ4v) is 3.55. The minimum Gasteiger partial charge on any atom is -0.324 e. The van der Waals surface area contributed by atoms with Gasteiger partial charge in [0.05, 0.1) is 12.4 Å². The Balaban J connectivity index is 1.44. The highest BCUT2D eigenvalue weighted by Gasteiger charge is 2.22. The zero-order valence-electron chi connectivity index (χ0n) is 14.9. The predicted octanol–water partition coefficient (Wildman–Crippen LogP) is 2.73. The van der Waals surface area contributed by atoms with E-state index in [0.29, 0.717) is 11.7 Å². The third kappa shape index (κ3) is 4.05. The third-order valence-corrected chi connectivity index (χ3v) is 4.74. The summed E-state index contributed by atoms with van der Waals surface area (Å²) in [6.45, 7) is 3.16. The molecule has 1 aliphatic heterocycles. The molecule has 7 nitrogen and oxygen atoms in total. The Hall–Kier alpha value is -2.80. The average molecular weight is 349 g/mol. The van der Waals surface area contributed by atoms with Crippen molar-refractivity contribution >= 4 is 11.6 Å². The zero-order chi connectivity index (χ0) is 17.8. The van der Waals surface area contributed by atoms with E-state index in [4.69, 9.17) is 0 Å². The van der Waals surface area contributed by atoms with Crippen LogP contribution in [0.2, 0.25) is 0 Å². The highest BCUT2D eigenvalue weighted by atomic mass is 15.2. The second-order valence-corrected chi connectivity index (χ2v) is 6.79. The molecule has 1 fully saturated rings. The standard InChI is InChI=1S/C19H23N7/c1-25-12-15(10-23-25)13-26-8-2-3-17(14-26)16-4-5-21-18(9-16)24-19-11-20-6-7-22-19/h4-7,9-12,17H,2-3,8,13-14H2,1H3,(H,21,22,24). The van der Waals surface area contributed by atoms with Crippen LogP contribution in [0.1, 0.15) is 29.9 Å². The van der Waals surface area contributed by atoms with Gasteiger partial charge in [-0.2, -0.15) is 5.10 Å². The Labute approximate surface area is 153 Å². The Bertz CT molecular complexity index is 846. The van der Waals surface area contributed by atoms with Crippen LogP contribution in [0.3, 0.4) is 0 Å². The number of rotatable bonds is 5. The number of aryl methyl sites for hydroxylation is 1. The molecule has 0 radical (unpaired) electrons. The number of hydrogen-bond acceptors (Lipinski definition) is 6. The molecule has 0 aliphatic carbocycles. The van der Waals surface area contributed by atoms with Gasteiger partial charge in [0.15, 0.2) is 0 Å². The lowest BCUT2D eigenvalue weighted by Crippen LogP contribution is -2.33. The van der Waals surface area contributed by atoms with E-state index in [1.165, 1.54) is 24.0 Å². The molecule has 4 rings (SSSR count). The smallest absolute Gasteiger partial charge is 0.150 e. The fourth-order valence-electron chi connectivity index (χ4n) is 3.55. The lowest BCUT2D eigenvalue weighted by atomic mass is 9.91. The van der Waals surface area contributed by atoms with Crippen molar-refractivity contribution in [1.29, 1.82) is 0 Å². The average Bonchev–Trinajstić information content (AvgIpc) is 3.08. The van der Waals surface area contributed by atoms with Crippen molar-refractivity contribution in [1.82, 2.24) is 29.6 Å². The van der Waals surface area contributed by atoms with Crippen LogP contribution in [0.5, 0.6) is 0 Å². The molecule has 26 heavy (non-hydrogen) atoms. The minimum atomic E-state index is 0.519. The highest BCUT2D eigenvalue weighted by molar-refractivity contribution is 5.51. The Morgan fingerprint density at radius 3 is 2.88 bits per heavy atom. The van der Waals surface area contributed by atoms with Crippen LogP contribution in [-0.4, -0.2) is 42.7 Å². The highest BCUT2D eigenvalue weighted by Crippen LogP contribution is 2.29. The molecule has 134 valence electrons. The summed E-state index contributed by atoms with van der Waals surface area (Å²) in [6, 6.07) is 4.26. The minimum absolute atomic E-state index is 0.519. The Kier molecular flexibility index (Phi) is 4.88. The van der Waals surface area contributed by atoms with Gasteiger partial charge in [-0.25, -0.2) is 9.97 Å². The molecule has 7 heteroatoms. The number of nitrogens with zero attached hydrogens (tertiary/aromatic N) is 6. The van der Waals surface area contributed by atoms with Crippen molar-refractivity contribution in [2.24, 2.45) is 7.05 Å². The first-order chi connectivity index (χ1) is 12.8. The molecular formula is C19H23N7. The maximum atomic E-state index is 4.42. The molecule has 0 amide bonds. The first kappa shape index (κ1) is 16.7. The molecule has 0 bridgehead atoms. The number of aromatic nitrogens is 5. The predicted molar refractivity (Wildman–Crippen MR) is 100 cm³/mol. The molecule has 3 aromatic heterocycles. The lowest BCUT2D eigenvalue weighted by Gasteiger charge is -2.32. The summed E-state index contributed by atoms with van der Waals surface area (Å²) in [7, 11) is 1.96. The molecule has 1 N–H and O–H groups in total. The summed E-state index contributed by atoms with van der Waals surface area (Å²) < 4.78 is 1.87. The van der Waals surface area contributed by atoms with Gasteiger partial charge in [0.25, 0.3) is 0 Å². The molecule has 1 unspecified atom stereocenters. The molecule has 0 spiro atoms. The van der Waals surface area contributed by atoms with Gasteiger partial charge >= 0.3 is 0 Å². The molecule has 4 heterocycles. The SMILES string of the molecule is Cn1cc(CN2CCCC(c3ccnc(Nc4cnccn4)c3)C2)cn1. The summed E-state index contributed by atoms with van der Waals surface area (Å²) in [5.41, 5.74) is 2.59. The van der Waals surface area contributed by atoms with Crippen molar-refractivity contribution in [2.45, 2.75) is 25.3 Å². The largest absolute Gasteiger partial charge is 0.324 e. The molecular weight excluding hydrogens is 326 g/mol. The molecule has 1 atom stereocenters. The van der Waals surface area contributed by atoms with Gasteiger partial charge in [-0.1, -0.05) is 0 Å². The van der Waals surface area contributed by atoms with E-state index in [1.54, 1.807) is 18.6 Å². The first-order valence-corrected chi connectivity index (χ1v) is 8.95. The van der Waals surface area contributed by atoms with Gasteiger partial charge in [-0.3, -0.25) is 14.6 Å². The molecule has 3 aromatic rings. The van der Waals surface area contributed by atoms with Gasteiger partial charge < -0.3 is 5.32 Å². The van der Waals surface area contributed by atoms with Crippen molar-refractivity contribution in [2.75, 3.05) is 18.4 Å². The number of pyridine rings is 1. The zero-order valence-corrected chi connectivity index (χ0v) is 14.9. The van der Waals surface area contributed by atoms with E-state index < -0.39 is 0 Å². The maximum Gasteiger partial charge on any atom is 0.150 e. The van der Waals surface area contributed by atoms with E-state index in [0.717, 1.165) is 25.5 Å². The number of piperidine rings is 1. The second-order valence-electron chi connectivity index (χ2n) is 6.79. The van der Waals surface area contributed by atoms with E-state index >= 15 is 0 Å². The Morgan fingerprint density at radius 1 is 1.15 bits per heavy atom. The fraction of sp³-hybridized carbons (Fsp3) is 0.368. The summed E-state index contributed by atoms with van der Waals surface area (Å²) in [6.07, 6.45) is 13.4. The van der Waals surface area contributed by atoms with Crippen LogP contribution >= 0.6 is 0 Å². The number of hydrogen-bond donors (Lipinski definition) is 1. The first-order valence-electron chi connectivity index (χ1n) is 8.95. The topological polar surface area (TPSA) is 71.8 Å². The van der Waals surface area contributed by atoms with Crippen LogP contribution in [-0.2, 0) is 13.6 Å². The van der Waals surface area contributed by atoms with Crippen molar-refractivity contribution in [3.8, 4) is 0 Å². The normalized spacial score (nSPS) is 18.0. The van der Waals surface area contributed by atoms with Crippen molar-refractivity contribution in [3.05, 3.63) is 60.4 Å². The quantitative estimate of drug-likeness (QED) is 0.764. The van der Waals surface area contributed by atoms with Crippen LogP contribution in [0.15, 0.2) is 49.3 Å². The second kappa shape index (κ2) is 7.61. The lowest BCUT2D eigenvalue weighted by molar-refractivity contribution is 0.200. The number of nitrogens with one attached hydrogen (secondary N) is 1. The molecule has 0 saturated carbocycles. The van der Waals surface area contributed by atoms with E-state index in [2.05, 4.69) is 48.6 Å².